The lowest BCUT2D eigenvalue weighted by Crippen LogP contribution is -2.29. The number of carbonyl (C=O) groups excluding carboxylic acids is 2. The molecule has 4 rings (SSSR count). The van der Waals surface area contributed by atoms with Crippen LogP contribution in [0.5, 0.6) is 5.75 Å². The lowest BCUT2D eigenvalue weighted by atomic mass is 9.94. The molecule has 0 saturated carbocycles. The van der Waals surface area contributed by atoms with Crippen LogP contribution >= 0.6 is 0 Å². The highest BCUT2D eigenvalue weighted by atomic mass is 19.1. The number of nitrogens with zero attached hydrogens (tertiary/aromatic N) is 1. The number of ether oxygens (including phenoxy) is 1. The summed E-state index contributed by atoms with van der Waals surface area (Å²) in [5.41, 5.74) is 2.86. The van der Waals surface area contributed by atoms with Gasteiger partial charge in [-0.25, -0.2) is 4.39 Å². The number of hydrogen-bond acceptors (Lipinski definition) is 4. The highest BCUT2D eigenvalue weighted by Gasteiger charge is 2.47. The summed E-state index contributed by atoms with van der Waals surface area (Å²) in [4.78, 5) is 27.9. The Balaban J connectivity index is 1.87. The molecule has 180 valence electrons. The summed E-state index contributed by atoms with van der Waals surface area (Å²) in [5.74, 6) is -1.65. The molecule has 1 amide bonds. The smallest absolute Gasteiger partial charge is 0.300 e. The van der Waals surface area contributed by atoms with E-state index in [2.05, 4.69) is 0 Å². The van der Waals surface area contributed by atoms with E-state index in [0.29, 0.717) is 22.6 Å². The third-order valence-electron chi connectivity index (χ3n) is 6.07. The van der Waals surface area contributed by atoms with Gasteiger partial charge in [0.05, 0.1) is 17.7 Å². The fourth-order valence-electron chi connectivity index (χ4n) is 4.25. The third kappa shape index (κ3) is 4.69. The van der Waals surface area contributed by atoms with Crippen LogP contribution in [0.25, 0.3) is 5.76 Å². The minimum atomic E-state index is -0.844. The summed E-state index contributed by atoms with van der Waals surface area (Å²) in [6, 6.07) is 17.8. The fraction of sp³-hybridized carbons (Fsp3) is 0.241. The number of aliphatic hydroxyl groups is 1. The Morgan fingerprint density at radius 2 is 1.69 bits per heavy atom. The first-order valence-electron chi connectivity index (χ1n) is 11.6. The van der Waals surface area contributed by atoms with Gasteiger partial charge in [-0.2, -0.15) is 0 Å². The van der Waals surface area contributed by atoms with Gasteiger partial charge in [0.1, 0.15) is 17.3 Å². The summed E-state index contributed by atoms with van der Waals surface area (Å²) in [6.45, 7) is 7.46. The molecule has 0 radical (unpaired) electrons. The van der Waals surface area contributed by atoms with Gasteiger partial charge in [-0.05, 0) is 86.3 Å². The summed E-state index contributed by atoms with van der Waals surface area (Å²) in [7, 11) is 0. The van der Waals surface area contributed by atoms with Crippen molar-refractivity contribution in [2.75, 3.05) is 4.90 Å². The van der Waals surface area contributed by atoms with E-state index in [0.717, 1.165) is 12.0 Å². The molecule has 1 heterocycles. The largest absolute Gasteiger partial charge is 0.507 e. The van der Waals surface area contributed by atoms with Gasteiger partial charge in [0.25, 0.3) is 11.7 Å². The van der Waals surface area contributed by atoms with Crippen molar-refractivity contribution in [3.63, 3.8) is 0 Å². The monoisotopic (exact) mass is 473 g/mol. The normalized spacial score (nSPS) is 17.3. The van der Waals surface area contributed by atoms with Crippen molar-refractivity contribution >= 4 is 23.1 Å². The fourth-order valence-corrected chi connectivity index (χ4v) is 4.25. The topological polar surface area (TPSA) is 66.8 Å². The molecule has 1 fully saturated rings. The van der Waals surface area contributed by atoms with Gasteiger partial charge < -0.3 is 9.84 Å². The molecule has 5 nitrogen and oxygen atoms in total. The maximum atomic E-state index is 13.8. The first kappa shape index (κ1) is 24.2. The molecule has 1 N–H and O–H groups in total. The average molecular weight is 474 g/mol. The van der Waals surface area contributed by atoms with Crippen molar-refractivity contribution in [2.45, 2.75) is 46.3 Å². The summed E-state index contributed by atoms with van der Waals surface area (Å²) < 4.78 is 19.6. The lowest BCUT2D eigenvalue weighted by molar-refractivity contribution is -0.132. The Labute approximate surface area is 204 Å². The molecule has 0 aromatic heterocycles. The summed E-state index contributed by atoms with van der Waals surface area (Å²) >= 11 is 0. The minimum Gasteiger partial charge on any atom is -0.507 e. The van der Waals surface area contributed by atoms with E-state index in [1.54, 1.807) is 31.2 Å². The van der Waals surface area contributed by atoms with Gasteiger partial charge in [0.2, 0.25) is 0 Å². The zero-order chi connectivity index (χ0) is 25.3. The molecule has 0 aliphatic carbocycles. The molecule has 1 atom stereocenters. The molecular formula is C29H28FNO4. The Hall–Kier alpha value is -3.93. The van der Waals surface area contributed by atoms with E-state index in [4.69, 9.17) is 4.74 Å². The maximum absolute atomic E-state index is 13.8. The predicted molar refractivity (Wildman–Crippen MR) is 134 cm³/mol. The molecule has 1 saturated heterocycles. The number of hydrogen-bond donors (Lipinski definition) is 1. The van der Waals surface area contributed by atoms with Crippen molar-refractivity contribution in [3.8, 4) is 5.75 Å². The van der Waals surface area contributed by atoms with Crippen LogP contribution in [-0.4, -0.2) is 22.9 Å². The van der Waals surface area contributed by atoms with E-state index in [-0.39, 0.29) is 23.0 Å². The molecule has 1 unspecified atom stereocenters. The van der Waals surface area contributed by atoms with Crippen molar-refractivity contribution in [1.29, 1.82) is 0 Å². The van der Waals surface area contributed by atoms with Crippen LogP contribution in [-0.2, 0) is 16.0 Å². The van der Waals surface area contributed by atoms with E-state index in [1.165, 1.54) is 23.1 Å². The quantitative estimate of drug-likeness (QED) is 0.266. The van der Waals surface area contributed by atoms with Crippen molar-refractivity contribution < 1.29 is 23.8 Å². The van der Waals surface area contributed by atoms with Crippen molar-refractivity contribution in [2.24, 2.45) is 0 Å². The Morgan fingerprint density at radius 1 is 1.03 bits per heavy atom. The Kier molecular flexibility index (Phi) is 6.74. The number of carbonyl (C=O) groups is 2. The van der Waals surface area contributed by atoms with Crippen LogP contribution < -0.4 is 9.64 Å². The molecular weight excluding hydrogens is 445 g/mol. The number of halogens is 1. The zero-order valence-electron chi connectivity index (χ0n) is 20.2. The van der Waals surface area contributed by atoms with E-state index < -0.39 is 23.5 Å². The van der Waals surface area contributed by atoms with Crippen LogP contribution in [0.1, 0.15) is 49.1 Å². The molecule has 3 aromatic rings. The van der Waals surface area contributed by atoms with E-state index in [1.807, 2.05) is 45.0 Å². The first-order chi connectivity index (χ1) is 16.7. The van der Waals surface area contributed by atoms with Crippen LogP contribution in [0.2, 0.25) is 0 Å². The van der Waals surface area contributed by atoms with Gasteiger partial charge in [-0.3, -0.25) is 14.5 Å². The number of Topliss-reactive ketones (excluding diaryl/α,β-unsaturated/α-hetero) is 1. The SMILES string of the molecule is CCc1ccc(C2/C(=C(/O)c3ccc(F)c(C)c3)C(=O)C(=O)N2c2ccc(OC(C)C)cc2)cc1. The Morgan fingerprint density at radius 3 is 2.26 bits per heavy atom. The second kappa shape index (κ2) is 9.74. The number of benzene rings is 3. The van der Waals surface area contributed by atoms with Crippen LogP contribution in [0.15, 0.2) is 72.3 Å². The van der Waals surface area contributed by atoms with Gasteiger partial charge in [-0.15, -0.1) is 0 Å². The van der Waals surface area contributed by atoms with E-state index >= 15 is 0 Å². The van der Waals surface area contributed by atoms with Crippen LogP contribution in [0, 0.1) is 12.7 Å². The van der Waals surface area contributed by atoms with E-state index in [9.17, 15) is 19.1 Å². The molecule has 1 aliphatic rings. The standard InChI is InChI=1S/C29H28FNO4/c1-5-19-6-8-20(9-7-19)26-25(27(32)21-10-15-24(30)18(4)16-21)28(33)29(34)31(26)22-11-13-23(14-12-22)35-17(2)3/h6-17,26,32H,5H2,1-4H3/b27-25-. The number of aliphatic hydroxyl groups excluding tert-OH is 1. The number of amides is 1. The first-order valence-corrected chi connectivity index (χ1v) is 11.6. The Bertz CT molecular complexity index is 1290. The van der Waals surface area contributed by atoms with Gasteiger partial charge in [0.15, 0.2) is 0 Å². The number of aryl methyl sites for hydroxylation is 2. The molecule has 0 spiro atoms. The van der Waals surface area contributed by atoms with Crippen molar-refractivity contribution in [1.82, 2.24) is 0 Å². The molecule has 0 bridgehead atoms. The van der Waals surface area contributed by atoms with Crippen LogP contribution in [0.3, 0.4) is 0 Å². The van der Waals surface area contributed by atoms with Gasteiger partial charge in [0, 0.05) is 11.3 Å². The third-order valence-corrected chi connectivity index (χ3v) is 6.07. The second-order valence-electron chi connectivity index (χ2n) is 8.89. The minimum absolute atomic E-state index is 0.00803. The summed E-state index contributed by atoms with van der Waals surface area (Å²) in [6.07, 6.45) is 0.832. The summed E-state index contributed by atoms with van der Waals surface area (Å²) in [5, 5.41) is 11.2. The zero-order valence-corrected chi connectivity index (χ0v) is 20.2. The second-order valence-corrected chi connectivity index (χ2v) is 8.89. The number of anilines is 1. The number of ketones is 1. The average Bonchev–Trinajstić information content (AvgIpc) is 3.11. The molecule has 6 heteroatoms. The predicted octanol–water partition coefficient (Wildman–Crippen LogP) is 6.11. The molecule has 3 aromatic carbocycles. The highest BCUT2D eigenvalue weighted by Crippen LogP contribution is 2.42. The van der Waals surface area contributed by atoms with Gasteiger partial charge >= 0.3 is 0 Å². The molecule has 1 aliphatic heterocycles. The maximum Gasteiger partial charge on any atom is 0.300 e. The van der Waals surface area contributed by atoms with Gasteiger partial charge in [-0.1, -0.05) is 31.2 Å². The molecule has 35 heavy (non-hydrogen) atoms. The van der Waals surface area contributed by atoms with Crippen LogP contribution in [0.4, 0.5) is 10.1 Å². The van der Waals surface area contributed by atoms with Crippen molar-refractivity contribution in [3.05, 3.63) is 100 Å². The lowest BCUT2D eigenvalue weighted by Gasteiger charge is -2.26. The number of rotatable bonds is 6. The highest BCUT2D eigenvalue weighted by molar-refractivity contribution is 6.51.